The molecular formula is C12H13F3O2. The summed E-state index contributed by atoms with van der Waals surface area (Å²) in [5.41, 5.74) is -2.92. The lowest BCUT2D eigenvalue weighted by Gasteiger charge is -2.24. The summed E-state index contributed by atoms with van der Waals surface area (Å²) < 4.78 is 43.2. The minimum atomic E-state index is -4.56. The van der Waals surface area contributed by atoms with E-state index in [0.717, 1.165) is 12.1 Å². The first kappa shape index (κ1) is 13.6. The van der Waals surface area contributed by atoms with E-state index in [0.29, 0.717) is 0 Å². The summed E-state index contributed by atoms with van der Waals surface area (Å²) in [5.74, 6) is 0.0842. The molecule has 5 heteroatoms. The van der Waals surface area contributed by atoms with Crippen LogP contribution in [0.2, 0.25) is 0 Å². The first-order valence-electron chi connectivity index (χ1n) is 4.84. The number of aliphatic hydroxyl groups is 1. The van der Waals surface area contributed by atoms with Crippen LogP contribution in [0.25, 0.3) is 0 Å². The minimum Gasteiger partial charge on any atom is -0.497 e. The summed E-state index contributed by atoms with van der Waals surface area (Å²) >= 11 is 0. The molecule has 0 saturated carbocycles. The van der Waals surface area contributed by atoms with E-state index < -0.39 is 17.3 Å². The molecule has 0 aliphatic heterocycles. The smallest absolute Gasteiger partial charge is 0.416 e. The van der Waals surface area contributed by atoms with Crippen LogP contribution >= 0.6 is 0 Å². The zero-order valence-electron chi connectivity index (χ0n) is 9.51. The number of ether oxygens (including phenoxy) is 1. The summed E-state index contributed by atoms with van der Waals surface area (Å²) in [6, 6.07) is 3.40. The van der Waals surface area contributed by atoms with Gasteiger partial charge in [-0.25, -0.2) is 0 Å². The lowest BCUT2D eigenvalue weighted by molar-refractivity contribution is -0.140. The van der Waals surface area contributed by atoms with Gasteiger partial charge in [0.15, 0.2) is 0 Å². The van der Waals surface area contributed by atoms with Gasteiger partial charge in [0.25, 0.3) is 0 Å². The Morgan fingerprint density at radius 2 is 1.88 bits per heavy atom. The van der Waals surface area contributed by atoms with Gasteiger partial charge >= 0.3 is 6.18 Å². The largest absolute Gasteiger partial charge is 0.497 e. The van der Waals surface area contributed by atoms with Crippen LogP contribution in [0.1, 0.15) is 18.1 Å². The quantitative estimate of drug-likeness (QED) is 0.830. The molecule has 94 valence electrons. The maximum Gasteiger partial charge on any atom is 0.416 e. The van der Waals surface area contributed by atoms with Gasteiger partial charge in [-0.05, 0) is 24.6 Å². The molecule has 2 nitrogen and oxygen atoms in total. The maximum absolute atomic E-state index is 12.8. The van der Waals surface area contributed by atoms with Crippen LogP contribution in [0.3, 0.4) is 0 Å². The third-order valence-electron chi connectivity index (χ3n) is 2.47. The fraction of sp³-hybridized carbons (Fsp3) is 0.333. The number of benzene rings is 1. The molecule has 0 fully saturated rings. The number of hydrogen-bond donors (Lipinski definition) is 1. The Bertz CT molecular complexity index is 422. The van der Waals surface area contributed by atoms with Crippen molar-refractivity contribution >= 4 is 0 Å². The number of alkyl halides is 3. The Kier molecular flexibility index (Phi) is 3.52. The lowest BCUT2D eigenvalue weighted by atomic mass is 9.91. The highest BCUT2D eigenvalue weighted by molar-refractivity contribution is 5.42. The molecular weight excluding hydrogens is 233 g/mol. The summed E-state index contributed by atoms with van der Waals surface area (Å²) in [7, 11) is 1.28. The molecule has 0 aliphatic rings. The van der Waals surface area contributed by atoms with Crippen molar-refractivity contribution in [3.8, 4) is 5.75 Å². The molecule has 0 aliphatic carbocycles. The van der Waals surface area contributed by atoms with Crippen molar-refractivity contribution in [1.82, 2.24) is 0 Å². The van der Waals surface area contributed by atoms with Gasteiger partial charge in [-0.3, -0.25) is 0 Å². The van der Waals surface area contributed by atoms with Gasteiger partial charge in [-0.15, -0.1) is 0 Å². The molecule has 0 radical (unpaired) electrons. The van der Waals surface area contributed by atoms with E-state index in [-0.39, 0.29) is 11.3 Å². The third kappa shape index (κ3) is 2.79. The van der Waals surface area contributed by atoms with E-state index in [1.54, 1.807) is 0 Å². The molecule has 1 aromatic rings. The summed E-state index contributed by atoms with van der Waals surface area (Å²) in [6.45, 7) is 4.57. The van der Waals surface area contributed by atoms with Crippen LogP contribution in [0.15, 0.2) is 30.9 Å². The van der Waals surface area contributed by atoms with E-state index in [4.69, 9.17) is 4.74 Å². The second kappa shape index (κ2) is 4.41. The van der Waals surface area contributed by atoms with E-state index in [1.807, 2.05) is 0 Å². The number of hydrogen-bond acceptors (Lipinski definition) is 2. The highest BCUT2D eigenvalue weighted by Crippen LogP contribution is 2.38. The zero-order chi connectivity index (χ0) is 13.3. The standard InChI is InChI=1S/C12H13F3O2/c1-4-11(2,16)9-6-5-8(17-3)7-10(9)12(13,14)15/h4-7,16H,1H2,2-3H3/t11-/m0/s1. The van der Waals surface area contributed by atoms with Gasteiger partial charge in [0, 0.05) is 0 Å². The van der Waals surface area contributed by atoms with Crippen LogP contribution in [0.4, 0.5) is 13.2 Å². The van der Waals surface area contributed by atoms with Crippen molar-refractivity contribution in [2.75, 3.05) is 7.11 Å². The van der Waals surface area contributed by atoms with Crippen LogP contribution in [0.5, 0.6) is 5.75 Å². The van der Waals surface area contributed by atoms with Crippen LogP contribution in [-0.2, 0) is 11.8 Å². The monoisotopic (exact) mass is 246 g/mol. The Balaban J connectivity index is 3.46. The van der Waals surface area contributed by atoms with E-state index in [1.165, 1.54) is 26.2 Å². The fourth-order valence-electron chi connectivity index (χ4n) is 1.44. The highest BCUT2D eigenvalue weighted by atomic mass is 19.4. The molecule has 0 saturated heterocycles. The molecule has 0 aromatic heterocycles. The van der Waals surface area contributed by atoms with E-state index in [2.05, 4.69) is 6.58 Å². The fourth-order valence-corrected chi connectivity index (χ4v) is 1.44. The first-order valence-corrected chi connectivity index (χ1v) is 4.84. The molecule has 17 heavy (non-hydrogen) atoms. The van der Waals surface area contributed by atoms with Gasteiger partial charge in [0.05, 0.1) is 12.7 Å². The molecule has 0 spiro atoms. The van der Waals surface area contributed by atoms with Gasteiger partial charge in [0.1, 0.15) is 11.4 Å². The molecule has 1 rings (SSSR count). The third-order valence-corrected chi connectivity index (χ3v) is 2.47. The average molecular weight is 246 g/mol. The predicted octanol–water partition coefficient (Wildman–Crippen LogP) is 3.11. The lowest BCUT2D eigenvalue weighted by Crippen LogP contribution is -2.23. The maximum atomic E-state index is 12.8. The highest BCUT2D eigenvalue weighted by Gasteiger charge is 2.38. The molecule has 1 aromatic carbocycles. The second-order valence-corrected chi connectivity index (χ2v) is 3.76. The molecule has 0 amide bonds. The van der Waals surface area contributed by atoms with Crippen molar-refractivity contribution in [2.45, 2.75) is 18.7 Å². The number of halogens is 3. The van der Waals surface area contributed by atoms with Crippen molar-refractivity contribution in [1.29, 1.82) is 0 Å². The van der Waals surface area contributed by atoms with Gasteiger partial charge < -0.3 is 9.84 Å². The minimum absolute atomic E-state index is 0.0842. The number of methoxy groups -OCH3 is 1. The summed E-state index contributed by atoms with van der Waals surface area (Å²) in [6.07, 6.45) is -3.50. The van der Waals surface area contributed by atoms with Crippen LogP contribution < -0.4 is 4.74 Å². The average Bonchev–Trinajstić information content (AvgIpc) is 2.27. The number of rotatable bonds is 3. The van der Waals surface area contributed by atoms with Gasteiger partial charge in [-0.1, -0.05) is 18.7 Å². The van der Waals surface area contributed by atoms with Crippen molar-refractivity contribution < 1.29 is 23.0 Å². The Hall–Kier alpha value is -1.49. The van der Waals surface area contributed by atoms with Gasteiger partial charge in [0.2, 0.25) is 0 Å². The molecule has 0 unspecified atom stereocenters. The first-order chi connectivity index (χ1) is 7.72. The SMILES string of the molecule is C=C[C@](C)(O)c1ccc(OC)cc1C(F)(F)F. The van der Waals surface area contributed by atoms with Crippen molar-refractivity contribution in [2.24, 2.45) is 0 Å². The molecule has 0 bridgehead atoms. The molecule has 1 N–H and O–H groups in total. The second-order valence-electron chi connectivity index (χ2n) is 3.76. The van der Waals surface area contributed by atoms with E-state index in [9.17, 15) is 18.3 Å². The van der Waals surface area contributed by atoms with Crippen molar-refractivity contribution in [3.63, 3.8) is 0 Å². The predicted molar refractivity (Wildman–Crippen MR) is 57.8 cm³/mol. The zero-order valence-corrected chi connectivity index (χ0v) is 9.51. The Morgan fingerprint density at radius 1 is 1.29 bits per heavy atom. The van der Waals surface area contributed by atoms with Crippen LogP contribution in [0, 0.1) is 0 Å². The normalized spacial score (nSPS) is 15.2. The molecule has 0 heterocycles. The summed E-state index contributed by atoms with van der Waals surface area (Å²) in [4.78, 5) is 0. The van der Waals surface area contributed by atoms with Crippen molar-refractivity contribution in [3.05, 3.63) is 42.0 Å². The Labute approximate surface area is 97.3 Å². The van der Waals surface area contributed by atoms with E-state index >= 15 is 0 Å². The Morgan fingerprint density at radius 3 is 2.29 bits per heavy atom. The molecule has 1 atom stereocenters. The summed E-state index contributed by atoms with van der Waals surface area (Å²) in [5, 5.41) is 9.84. The topological polar surface area (TPSA) is 29.5 Å². The van der Waals surface area contributed by atoms with Gasteiger partial charge in [-0.2, -0.15) is 13.2 Å². The van der Waals surface area contributed by atoms with Crippen LogP contribution in [-0.4, -0.2) is 12.2 Å².